The van der Waals surface area contributed by atoms with Crippen LogP contribution in [0.3, 0.4) is 0 Å². The van der Waals surface area contributed by atoms with Gasteiger partial charge in [0.25, 0.3) is 0 Å². The summed E-state index contributed by atoms with van der Waals surface area (Å²) in [5.74, 6) is -1.69. The molecule has 1 unspecified atom stereocenters. The van der Waals surface area contributed by atoms with E-state index in [-0.39, 0.29) is 12.0 Å². The number of ether oxygens (including phenoxy) is 1. The number of carboxylic acid groups (broad SMARTS) is 1. The molecule has 1 N–H and O–H groups in total. The van der Waals surface area contributed by atoms with Crippen LogP contribution in [-0.2, 0) is 11.2 Å². The van der Waals surface area contributed by atoms with Crippen LogP contribution in [0.5, 0.6) is 5.75 Å². The third kappa shape index (κ3) is 3.81. The predicted molar refractivity (Wildman–Crippen MR) is 78.1 cm³/mol. The summed E-state index contributed by atoms with van der Waals surface area (Å²) in [6, 6.07) is 13.2. The first-order valence-corrected chi connectivity index (χ1v) is 6.80. The molecular formula is C17H17FO3. The van der Waals surface area contributed by atoms with E-state index in [4.69, 9.17) is 4.74 Å². The Labute approximate surface area is 123 Å². The van der Waals surface area contributed by atoms with Crippen LogP contribution in [0.15, 0.2) is 48.5 Å². The number of hydrogen-bond acceptors (Lipinski definition) is 2. The third-order valence-corrected chi connectivity index (χ3v) is 3.25. The first-order chi connectivity index (χ1) is 10.1. The van der Waals surface area contributed by atoms with E-state index in [9.17, 15) is 14.3 Å². The molecule has 0 saturated heterocycles. The van der Waals surface area contributed by atoms with E-state index in [1.807, 2.05) is 19.1 Å². The van der Waals surface area contributed by atoms with Crippen molar-refractivity contribution in [2.75, 3.05) is 6.61 Å². The van der Waals surface area contributed by atoms with Gasteiger partial charge in [0.2, 0.25) is 0 Å². The molecule has 2 rings (SSSR count). The van der Waals surface area contributed by atoms with Crippen LogP contribution in [0.4, 0.5) is 4.39 Å². The van der Waals surface area contributed by atoms with Gasteiger partial charge in [0.15, 0.2) is 0 Å². The summed E-state index contributed by atoms with van der Waals surface area (Å²) in [5, 5.41) is 9.36. The lowest BCUT2D eigenvalue weighted by atomic mass is 9.91. The maximum atomic E-state index is 13.8. The second-order valence-electron chi connectivity index (χ2n) is 4.69. The highest BCUT2D eigenvalue weighted by Crippen LogP contribution is 2.25. The van der Waals surface area contributed by atoms with E-state index in [0.29, 0.717) is 6.61 Å². The molecule has 2 aromatic rings. The van der Waals surface area contributed by atoms with Crippen molar-refractivity contribution in [2.24, 2.45) is 0 Å². The maximum Gasteiger partial charge on any atom is 0.311 e. The molecule has 0 heterocycles. The molecule has 0 aliphatic rings. The maximum absolute atomic E-state index is 13.8. The van der Waals surface area contributed by atoms with Crippen LogP contribution in [-0.4, -0.2) is 17.7 Å². The first-order valence-electron chi connectivity index (χ1n) is 6.80. The third-order valence-electron chi connectivity index (χ3n) is 3.25. The van der Waals surface area contributed by atoms with Gasteiger partial charge in [-0.25, -0.2) is 4.39 Å². The minimum Gasteiger partial charge on any atom is -0.494 e. The molecule has 0 aliphatic heterocycles. The van der Waals surface area contributed by atoms with Crippen molar-refractivity contribution in [1.29, 1.82) is 0 Å². The molecular weight excluding hydrogens is 271 g/mol. The quantitative estimate of drug-likeness (QED) is 0.882. The molecule has 0 radical (unpaired) electrons. The van der Waals surface area contributed by atoms with Gasteiger partial charge < -0.3 is 9.84 Å². The Morgan fingerprint density at radius 3 is 2.43 bits per heavy atom. The molecule has 0 aliphatic carbocycles. The molecule has 3 nitrogen and oxygen atoms in total. The smallest absolute Gasteiger partial charge is 0.311 e. The first kappa shape index (κ1) is 15.0. The Kier molecular flexibility index (Phi) is 4.93. The molecule has 0 saturated carbocycles. The summed E-state index contributed by atoms with van der Waals surface area (Å²) >= 11 is 0. The largest absolute Gasteiger partial charge is 0.494 e. The highest BCUT2D eigenvalue weighted by Gasteiger charge is 2.23. The van der Waals surface area contributed by atoms with E-state index in [1.165, 1.54) is 12.1 Å². The highest BCUT2D eigenvalue weighted by atomic mass is 19.1. The fourth-order valence-corrected chi connectivity index (χ4v) is 2.21. The lowest BCUT2D eigenvalue weighted by molar-refractivity contribution is -0.138. The summed E-state index contributed by atoms with van der Waals surface area (Å²) in [4.78, 5) is 11.4. The zero-order valence-corrected chi connectivity index (χ0v) is 11.8. The summed E-state index contributed by atoms with van der Waals surface area (Å²) in [6.07, 6.45) is 0.239. The van der Waals surface area contributed by atoms with E-state index in [0.717, 1.165) is 11.3 Å². The van der Waals surface area contributed by atoms with Crippen LogP contribution in [0.2, 0.25) is 0 Å². The number of carboxylic acids is 1. The van der Waals surface area contributed by atoms with Gasteiger partial charge in [-0.3, -0.25) is 4.79 Å². The Morgan fingerprint density at radius 2 is 1.86 bits per heavy atom. The van der Waals surface area contributed by atoms with E-state index < -0.39 is 17.7 Å². The average Bonchev–Trinajstić information content (AvgIpc) is 2.47. The monoisotopic (exact) mass is 288 g/mol. The van der Waals surface area contributed by atoms with Crippen molar-refractivity contribution in [1.82, 2.24) is 0 Å². The number of carbonyl (C=O) groups is 1. The SMILES string of the molecule is CCOc1ccc(CC(C(=O)O)c2ccccc2F)cc1. The molecule has 0 bridgehead atoms. The van der Waals surface area contributed by atoms with Crippen molar-refractivity contribution in [3.8, 4) is 5.75 Å². The topological polar surface area (TPSA) is 46.5 Å². The van der Waals surface area contributed by atoms with Gasteiger partial charge in [0, 0.05) is 5.56 Å². The minimum absolute atomic E-state index is 0.207. The predicted octanol–water partition coefficient (Wildman–Crippen LogP) is 3.64. The van der Waals surface area contributed by atoms with Crippen molar-refractivity contribution in [3.05, 3.63) is 65.5 Å². The van der Waals surface area contributed by atoms with Gasteiger partial charge >= 0.3 is 5.97 Å². The number of aliphatic carboxylic acids is 1. The van der Waals surface area contributed by atoms with Crippen molar-refractivity contribution in [2.45, 2.75) is 19.3 Å². The van der Waals surface area contributed by atoms with Crippen molar-refractivity contribution >= 4 is 5.97 Å². The number of halogens is 1. The lowest BCUT2D eigenvalue weighted by Gasteiger charge is -2.14. The summed E-state index contributed by atoms with van der Waals surface area (Å²) in [6.45, 7) is 2.47. The number of benzene rings is 2. The second kappa shape index (κ2) is 6.88. The molecule has 0 aromatic heterocycles. The minimum atomic E-state index is -1.03. The van der Waals surface area contributed by atoms with Gasteiger partial charge in [-0.05, 0) is 37.1 Å². The van der Waals surface area contributed by atoms with Crippen molar-refractivity contribution < 1.29 is 19.0 Å². The zero-order valence-electron chi connectivity index (χ0n) is 11.8. The summed E-state index contributed by atoms with van der Waals surface area (Å²) in [5.41, 5.74) is 1.04. The van der Waals surface area contributed by atoms with E-state index in [2.05, 4.69) is 0 Å². The molecule has 21 heavy (non-hydrogen) atoms. The highest BCUT2D eigenvalue weighted by molar-refractivity contribution is 5.76. The van der Waals surface area contributed by atoms with Gasteiger partial charge in [0.1, 0.15) is 11.6 Å². The molecule has 4 heteroatoms. The second-order valence-corrected chi connectivity index (χ2v) is 4.69. The fourth-order valence-electron chi connectivity index (χ4n) is 2.21. The fraction of sp³-hybridized carbons (Fsp3) is 0.235. The molecule has 2 aromatic carbocycles. The zero-order chi connectivity index (χ0) is 15.2. The lowest BCUT2D eigenvalue weighted by Crippen LogP contribution is -2.15. The normalized spacial score (nSPS) is 11.9. The van der Waals surface area contributed by atoms with Crippen LogP contribution in [0.1, 0.15) is 24.0 Å². The Balaban J connectivity index is 2.21. The van der Waals surface area contributed by atoms with Crippen LogP contribution in [0, 0.1) is 5.82 Å². The standard InChI is InChI=1S/C17H17FO3/c1-2-21-13-9-7-12(8-10-13)11-15(17(19)20)14-5-3-4-6-16(14)18/h3-10,15H,2,11H2,1H3,(H,19,20). The Bertz CT molecular complexity index is 608. The Hall–Kier alpha value is -2.36. The molecule has 1 atom stereocenters. The van der Waals surface area contributed by atoms with Crippen LogP contribution >= 0.6 is 0 Å². The van der Waals surface area contributed by atoms with Gasteiger partial charge in [-0.15, -0.1) is 0 Å². The van der Waals surface area contributed by atoms with Gasteiger partial charge in [-0.1, -0.05) is 30.3 Å². The molecule has 0 spiro atoms. The van der Waals surface area contributed by atoms with Crippen molar-refractivity contribution in [3.63, 3.8) is 0 Å². The van der Waals surface area contributed by atoms with Gasteiger partial charge in [-0.2, -0.15) is 0 Å². The summed E-state index contributed by atoms with van der Waals surface area (Å²) < 4.78 is 19.1. The Morgan fingerprint density at radius 1 is 1.19 bits per heavy atom. The average molecular weight is 288 g/mol. The molecule has 0 amide bonds. The summed E-state index contributed by atoms with van der Waals surface area (Å²) in [7, 11) is 0. The van der Waals surface area contributed by atoms with E-state index >= 15 is 0 Å². The van der Waals surface area contributed by atoms with Gasteiger partial charge in [0.05, 0.1) is 12.5 Å². The number of hydrogen-bond donors (Lipinski definition) is 1. The van der Waals surface area contributed by atoms with Crippen LogP contribution in [0.25, 0.3) is 0 Å². The molecule has 110 valence electrons. The van der Waals surface area contributed by atoms with E-state index in [1.54, 1.807) is 24.3 Å². The molecule has 0 fully saturated rings. The number of rotatable bonds is 6. The van der Waals surface area contributed by atoms with Crippen LogP contribution < -0.4 is 4.74 Å².